The third-order valence-corrected chi connectivity index (χ3v) is 3.84. The second kappa shape index (κ2) is 8.96. The Kier molecular flexibility index (Phi) is 6.68. The smallest absolute Gasteiger partial charge is 0.303 e. The van der Waals surface area contributed by atoms with Crippen LogP contribution in [-0.4, -0.2) is 38.3 Å². The summed E-state index contributed by atoms with van der Waals surface area (Å²) in [4.78, 5) is 26.8. The van der Waals surface area contributed by atoms with Crippen molar-refractivity contribution in [3.05, 3.63) is 41.3 Å². The molecule has 2 rings (SSSR count). The van der Waals surface area contributed by atoms with Crippen molar-refractivity contribution in [1.82, 2.24) is 20.1 Å². The predicted octanol–water partition coefficient (Wildman–Crippen LogP) is 2.65. The Bertz CT molecular complexity index is 722. The number of hydrogen-bond acceptors (Lipinski definition) is 4. The van der Waals surface area contributed by atoms with Gasteiger partial charge in [0.25, 0.3) is 5.91 Å². The van der Waals surface area contributed by atoms with E-state index in [-0.39, 0.29) is 12.3 Å². The number of pyridine rings is 1. The van der Waals surface area contributed by atoms with Gasteiger partial charge in [-0.1, -0.05) is 12.8 Å². The second-order valence-electron chi connectivity index (χ2n) is 6.06. The van der Waals surface area contributed by atoms with E-state index in [0.717, 1.165) is 30.7 Å². The molecule has 7 heteroatoms. The van der Waals surface area contributed by atoms with Crippen LogP contribution < -0.4 is 5.32 Å². The minimum atomic E-state index is -0.760. The molecule has 0 aliphatic rings. The molecule has 2 aromatic rings. The number of rotatable bonds is 9. The number of carbonyl (C=O) groups excluding carboxylic acids is 1. The molecule has 2 heterocycles. The summed E-state index contributed by atoms with van der Waals surface area (Å²) in [7, 11) is 0. The molecule has 2 N–H and O–H groups in total. The Balaban J connectivity index is 1.77. The molecule has 0 radical (unpaired) electrons. The molecular weight excluding hydrogens is 320 g/mol. The van der Waals surface area contributed by atoms with Crippen molar-refractivity contribution in [3.8, 4) is 5.82 Å². The molecule has 0 saturated heterocycles. The number of aromatic nitrogens is 3. The maximum atomic E-state index is 12.1. The van der Waals surface area contributed by atoms with Crippen LogP contribution >= 0.6 is 0 Å². The second-order valence-corrected chi connectivity index (χ2v) is 6.06. The fourth-order valence-corrected chi connectivity index (χ4v) is 2.57. The van der Waals surface area contributed by atoms with E-state index < -0.39 is 5.97 Å². The quantitative estimate of drug-likeness (QED) is 0.682. The first kappa shape index (κ1) is 18.6. The Labute approximate surface area is 147 Å². The van der Waals surface area contributed by atoms with Gasteiger partial charge in [0.1, 0.15) is 0 Å². The molecule has 0 bridgehead atoms. The Morgan fingerprint density at radius 3 is 2.52 bits per heavy atom. The molecule has 0 fully saturated rings. The van der Waals surface area contributed by atoms with Gasteiger partial charge >= 0.3 is 5.97 Å². The highest BCUT2D eigenvalue weighted by molar-refractivity contribution is 5.93. The van der Waals surface area contributed by atoms with Crippen molar-refractivity contribution in [1.29, 1.82) is 0 Å². The Morgan fingerprint density at radius 1 is 1.16 bits per heavy atom. The van der Waals surface area contributed by atoms with Gasteiger partial charge in [0.05, 0.1) is 11.3 Å². The first-order valence-corrected chi connectivity index (χ1v) is 8.47. The van der Waals surface area contributed by atoms with Gasteiger partial charge in [-0.15, -0.1) is 0 Å². The van der Waals surface area contributed by atoms with Gasteiger partial charge in [-0.2, -0.15) is 5.10 Å². The molecule has 2 aromatic heterocycles. The van der Waals surface area contributed by atoms with Crippen LogP contribution in [0.3, 0.4) is 0 Å². The van der Waals surface area contributed by atoms with Crippen LogP contribution in [0.15, 0.2) is 24.4 Å². The number of amides is 1. The molecule has 25 heavy (non-hydrogen) atoms. The number of carboxylic acid groups (broad SMARTS) is 1. The molecule has 7 nitrogen and oxygen atoms in total. The van der Waals surface area contributed by atoms with Crippen LogP contribution in [0.2, 0.25) is 0 Å². The number of nitrogens with one attached hydrogen (secondary N) is 1. The monoisotopic (exact) mass is 344 g/mol. The summed E-state index contributed by atoms with van der Waals surface area (Å²) >= 11 is 0. The summed E-state index contributed by atoms with van der Waals surface area (Å²) in [6.45, 7) is 4.46. The van der Waals surface area contributed by atoms with Gasteiger partial charge in [0, 0.05) is 24.9 Å². The van der Waals surface area contributed by atoms with Gasteiger partial charge in [0.15, 0.2) is 5.82 Å². The molecular formula is C18H24N4O3. The first-order chi connectivity index (χ1) is 12.0. The van der Waals surface area contributed by atoms with Crippen molar-refractivity contribution in [2.45, 2.75) is 46.0 Å². The Morgan fingerprint density at radius 2 is 1.92 bits per heavy atom. The first-order valence-electron chi connectivity index (χ1n) is 8.47. The fourth-order valence-electron chi connectivity index (χ4n) is 2.57. The SMILES string of the molecule is Cc1cc(C)n(-c2ccc(C(=O)NCCCCCCC(=O)O)cn2)n1. The van der Waals surface area contributed by atoms with E-state index in [9.17, 15) is 9.59 Å². The minimum Gasteiger partial charge on any atom is -0.481 e. The molecule has 0 saturated carbocycles. The lowest BCUT2D eigenvalue weighted by Gasteiger charge is -2.07. The minimum absolute atomic E-state index is 0.155. The van der Waals surface area contributed by atoms with Crippen LogP contribution in [-0.2, 0) is 4.79 Å². The number of aliphatic carboxylic acids is 1. The maximum absolute atomic E-state index is 12.1. The van der Waals surface area contributed by atoms with Crippen LogP contribution in [0.25, 0.3) is 5.82 Å². The average Bonchev–Trinajstić information content (AvgIpc) is 2.92. The topological polar surface area (TPSA) is 97.1 Å². The summed E-state index contributed by atoms with van der Waals surface area (Å²) in [5.41, 5.74) is 2.42. The van der Waals surface area contributed by atoms with E-state index in [0.29, 0.717) is 24.3 Å². The summed E-state index contributed by atoms with van der Waals surface area (Å²) in [5.74, 6) is -0.233. The van der Waals surface area contributed by atoms with Gasteiger partial charge in [-0.05, 0) is 44.9 Å². The third-order valence-electron chi connectivity index (χ3n) is 3.84. The lowest BCUT2D eigenvalue weighted by Crippen LogP contribution is -2.24. The Hall–Kier alpha value is -2.70. The average molecular weight is 344 g/mol. The van der Waals surface area contributed by atoms with Crippen molar-refractivity contribution in [2.75, 3.05) is 6.54 Å². The number of hydrogen-bond donors (Lipinski definition) is 2. The van der Waals surface area contributed by atoms with E-state index in [1.165, 1.54) is 0 Å². The van der Waals surface area contributed by atoms with Crippen molar-refractivity contribution in [2.24, 2.45) is 0 Å². The molecule has 1 amide bonds. The highest BCUT2D eigenvalue weighted by Crippen LogP contribution is 2.10. The summed E-state index contributed by atoms with van der Waals surface area (Å²) in [5, 5.41) is 15.8. The standard InChI is InChI=1S/C18H24N4O3/c1-13-11-14(2)22(21-13)16-9-8-15(12-20-16)18(25)19-10-6-4-3-5-7-17(23)24/h8-9,11-12H,3-7,10H2,1-2H3,(H,19,25)(H,23,24). The van der Waals surface area contributed by atoms with Crippen LogP contribution in [0.4, 0.5) is 0 Å². The van der Waals surface area contributed by atoms with E-state index in [1.807, 2.05) is 19.9 Å². The van der Waals surface area contributed by atoms with E-state index in [1.54, 1.807) is 23.0 Å². The largest absolute Gasteiger partial charge is 0.481 e. The van der Waals surface area contributed by atoms with Crippen LogP contribution in [0.1, 0.15) is 53.8 Å². The number of carboxylic acids is 1. The molecule has 0 aromatic carbocycles. The number of unbranched alkanes of at least 4 members (excludes halogenated alkanes) is 3. The van der Waals surface area contributed by atoms with Crippen LogP contribution in [0, 0.1) is 13.8 Å². The molecule has 0 aliphatic carbocycles. The number of nitrogens with zero attached hydrogens (tertiary/aromatic N) is 3. The summed E-state index contributed by atoms with van der Waals surface area (Å²) in [6, 6.07) is 5.49. The molecule has 0 spiro atoms. The summed E-state index contributed by atoms with van der Waals surface area (Å²) in [6.07, 6.45) is 5.04. The normalized spacial score (nSPS) is 10.6. The third kappa shape index (κ3) is 5.70. The maximum Gasteiger partial charge on any atom is 0.303 e. The zero-order valence-corrected chi connectivity index (χ0v) is 14.7. The van der Waals surface area contributed by atoms with E-state index in [2.05, 4.69) is 15.4 Å². The highest BCUT2D eigenvalue weighted by Gasteiger charge is 2.08. The zero-order valence-electron chi connectivity index (χ0n) is 14.7. The van der Waals surface area contributed by atoms with Gasteiger partial charge in [0.2, 0.25) is 0 Å². The van der Waals surface area contributed by atoms with Gasteiger partial charge in [-0.3, -0.25) is 9.59 Å². The van der Waals surface area contributed by atoms with Gasteiger partial charge in [-0.25, -0.2) is 9.67 Å². The van der Waals surface area contributed by atoms with Gasteiger partial charge < -0.3 is 10.4 Å². The van der Waals surface area contributed by atoms with E-state index >= 15 is 0 Å². The number of aryl methyl sites for hydroxylation is 2. The van der Waals surface area contributed by atoms with Crippen molar-refractivity contribution < 1.29 is 14.7 Å². The predicted molar refractivity (Wildman–Crippen MR) is 93.9 cm³/mol. The lowest BCUT2D eigenvalue weighted by molar-refractivity contribution is -0.137. The molecule has 0 aliphatic heterocycles. The van der Waals surface area contributed by atoms with E-state index in [4.69, 9.17) is 5.11 Å². The van der Waals surface area contributed by atoms with Crippen molar-refractivity contribution in [3.63, 3.8) is 0 Å². The number of carbonyl (C=O) groups is 2. The van der Waals surface area contributed by atoms with Crippen molar-refractivity contribution >= 4 is 11.9 Å². The lowest BCUT2D eigenvalue weighted by atomic mass is 10.1. The molecule has 0 atom stereocenters. The fraction of sp³-hybridized carbons (Fsp3) is 0.444. The van der Waals surface area contributed by atoms with Crippen LogP contribution in [0.5, 0.6) is 0 Å². The molecule has 0 unspecified atom stereocenters. The summed E-state index contributed by atoms with van der Waals surface area (Å²) < 4.78 is 1.74. The zero-order chi connectivity index (χ0) is 18.2. The molecule has 134 valence electrons. The highest BCUT2D eigenvalue weighted by atomic mass is 16.4.